The van der Waals surface area contributed by atoms with Crippen molar-refractivity contribution in [3.63, 3.8) is 0 Å². The summed E-state index contributed by atoms with van der Waals surface area (Å²) in [5.74, 6) is -0.354. The highest BCUT2D eigenvalue weighted by atomic mass is 35.5. The molecule has 3 rings (SSSR count). The molecule has 0 atom stereocenters. The third kappa shape index (κ3) is 5.93. The van der Waals surface area contributed by atoms with Crippen LogP contribution < -0.4 is 10.6 Å². The summed E-state index contributed by atoms with van der Waals surface area (Å²) in [6, 6.07) is 12.2. The lowest BCUT2D eigenvalue weighted by atomic mass is 10.2. The molecule has 150 valence electrons. The predicted octanol–water partition coefficient (Wildman–Crippen LogP) is 5.22. The zero-order chi connectivity index (χ0) is 20.8. The van der Waals surface area contributed by atoms with E-state index in [4.69, 9.17) is 40.2 Å². The van der Waals surface area contributed by atoms with Crippen LogP contribution in [0.4, 0.5) is 11.4 Å². The number of thiocarbonyl (C=S) groups is 1. The van der Waals surface area contributed by atoms with Crippen molar-refractivity contribution in [1.29, 1.82) is 0 Å². The molecule has 0 amide bonds. The van der Waals surface area contributed by atoms with Gasteiger partial charge in [0.25, 0.3) is 0 Å². The highest BCUT2D eigenvalue weighted by molar-refractivity contribution is 7.80. The Morgan fingerprint density at radius 2 is 1.86 bits per heavy atom. The molecule has 0 bridgehead atoms. The highest BCUT2D eigenvalue weighted by Gasteiger charge is 2.08. The van der Waals surface area contributed by atoms with Gasteiger partial charge in [-0.25, -0.2) is 4.79 Å². The minimum atomic E-state index is -0.354. The smallest absolute Gasteiger partial charge is 0.338 e. The van der Waals surface area contributed by atoms with Crippen molar-refractivity contribution in [2.45, 2.75) is 13.5 Å². The topological polar surface area (TPSA) is 68.2 Å². The summed E-state index contributed by atoms with van der Waals surface area (Å²) in [5.41, 5.74) is 2.87. The Bertz CT molecular complexity index is 1020. The van der Waals surface area contributed by atoms with Gasteiger partial charge in [0.15, 0.2) is 5.11 Å². The molecule has 0 radical (unpaired) electrons. The number of esters is 1. The van der Waals surface area contributed by atoms with Gasteiger partial charge in [0.2, 0.25) is 0 Å². The molecule has 1 aromatic heterocycles. The van der Waals surface area contributed by atoms with E-state index in [9.17, 15) is 4.79 Å². The number of aromatic nitrogens is 2. The van der Waals surface area contributed by atoms with E-state index in [1.165, 1.54) is 0 Å². The molecule has 3 aromatic rings. The van der Waals surface area contributed by atoms with E-state index in [0.29, 0.717) is 33.9 Å². The molecule has 0 saturated heterocycles. The number of rotatable bonds is 6. The molecule has 0 aliphatic heterocycles. The van der Waals surface area contributed by atoms with Crippen LogP contribution in [0.2, 0.25) is 10.0 Å². The van der Waals surface area contributed by atoms with E-state index in [-0.39, 0.29) is 5.97 Å². The van der Waals surface area contributed by atoms with Gasteiger partial charge in [0, 0.05) is 21.9 Å². The first kappa shape index (κ1) is 21.1. The van der Waals surface area contributed by atoms with Gasteiger partial charge >= 0.3 is 5.97 Å². The van der Waals surface area contributed by atoms with Crippen LogP contribution in [0.3, 0.4) is 0 Å². The van der Waals surface area contributed by atoms with Gasteiger partial charge in [0.05, 0.1) is 30.6 Å². The molecule has 0 saturated carbocycles. The van der Waals surface area contributed by atoms with Crippen LogP contribution in [0.1, 0.15) is 22.8 Å². The maximum atomic E-state index is 11.7. The van der Waals surface area contributed by atoms with Crippen molar-refractivity contribution in [2.24, 2.45) is 0 Å². The Morgan fingerprint density at radius 3 is 2.55 bits per heavy atom. The summed E-state index contributed by atoms with van der Waals surface area (Å²) in [6.07, 6.45) is 3.49. The molecular weight excluding hydrogens is 431 g/mol. The second kappa shape index (κ2) is 9.73. The van der Waals surface area contributed by atoms with Crippen LogP contribution in [0.25, 0.3) is 0 Å². The third-order valence-corrected chi connectivity index (χ3v) is 4.68. The first-order valence-electron chi connectivity index (χ1n) is 8.76. The largest absolute Gasteiger partial charge is 0.462 e. The third-order valence-electron chi connectivity index (χ3n) is 3.89. The number of nitrogens with zero attached hydrogens (tertiary/aromatic N) is 2. The molecule has 29 heavy (non-hydrogen) atoms. The number of hydrogen-bond donors (Lipinski definition) is 2. The Morgan fingerprint density at radius 1 is 1.14 bits per heavy atom. The molecule has 0 aliphatic rings. The van der Waals surface area contributed by atoms with Gasteiger partial charge in [-0.1, -0.05) is 29.3 Å². The van der Waals surface area contributed by atoms with Crippen LogP contribution >= 0.6 is 35.4 Å². The summed E-state index contributed by atoms with van der Waals surface area (Å²) in [7, 11) is 0. The SMILES string of the molecule is CCOC(=O)c1ccc(NC(=S)Nc2cnn(Cc3ccc(Cl)cc3Cl)c2)cc1. The minimum Gasteiger partial charge on any atom is -0.462 e. The van der Waals surface area contributed by atoms with Crippen molar-refractivity contribution in [1.82, 2.24) is 9.78 Å². The van der Waals surface area contributed by atoms with Crippen LogP contribution in [0.5, 0.6) is 0 Å². The first-order valence-corrected chi connectivity index (χ1v) is 9.92. The molecular formula is C20H18Cl2N4O2S. The van der Waals surface area contributed by atoms with Crippen molar-refractivity contribution >= 4 is 57.9 Å². The van der Waals surface area contributed by atoms with Crippen LogP contribution in [-0.2, 0) is 11.3 Å². The minimum absolute atomic E-state index is 0.338. The Labute approximate surface area is 183 Å². The standard InChI is InChI=1S/C20H18Cl2N4O2S/c1-2-28-19(27)13-4-7-16(8-5-13)24-20(29)25-17-10-23-26(12-17)11-14-3-6-15(21)9-18(14)22/h3-10,12H,2,11H2,1H3,(H2,24,25,29). The lowest BCUT2D eigenvalue weighted by Gasteiger charge is -2.09. The Kier molecular flexibility index (Phi) is 7.09. The van der Waals surface area contributed by atoms with E-state index in [1.54, 1.807) is 54.2 Å². The Balaban J connectivity index is 1.56. The number of ether oxygens (including phenoxy) is 1. The van der Waals surface area contributed by atoms with E-state index in [0.717, 1.165) is 16.9 Å². The molecule has 2 aromatic carbocycles. The van der Waals surface area contributed by atoms with Crippen LogP contribution in [0, 0.1) is 0 Å². The average molecular weight is 449 g/mol. The summed E-state index contributed by atoms with van der Waals surface area (Å²) >= 11 is 17.5. The fourth-order valence-corrected chi connectivity index (χ4v) is 3.24. The highest BCUT2D eigenvalue weighted by Crippen LogP contribution is 2.22. The summed E-state index contributed by atoms with van der Waals surface area (Å²) in [5, 5.41) is 12.0. The number of hydrogen-bond acceptors (Lipinski definition) is 4. The van der Waals surface area contributed by atoms with Crippen LogP contribution in [0.15, 0.2) is 54.9 Å². The molecule has 0 fully saturated rings. The van der Waals surface area contributed by atoms with E-state index < -0.39 is 0 Å². The molecule has 0 spiro atoms. The number of benzene rings is 2. The fraction of sp³-hybridized carbons (Fsp3) is 0.150. The Hall–Kier alpha value is -2.61. The zero-order valence-electron chi connectivity index (χ0n) is 15.5. The maximum Gasteiger partial charge on any atom is 0.338 e. The number of halogens is 2. The molecule has 0 unspecified atom stereocenters. The molecule has 1 heterocycles. The fourth-order valence-electron chi connectivity index (χ4n) is 2.54. The summed E-state index contributed by atoms with van der Waals surface area (Å²) < 4.78 is 6.71. The molecule has 9 heteroatoms. The van der Waals surface area contributed by atoms with E-state index >= 15 is 0 Å². The average Bonchev–Trinajstić information content (AvgIpc) is 3.11. The maximum absolute atomic E-state index is 11.7. The van der Waals surface area contributed by atoms with E-state index in [1.807, 2.05) is 12.3 Å². The van der Waals surface area contributed by atoms with Crippen molar-refractivity contribution in [3.8, 4) is 0 Å². The van der Waals surface area contributed by atoms with Gasteiger partial charge in [0.1, 0.15) is 0 Å². The summed E-state index contributed by atoms with van der Waals surface area (Å²) in [4.78, 5) is 11.7. The lowest BCUT2D eigenvalue weighted by Crippen LogP contribution is -2.18. The van der Waals surface area contributed by atoms with Gasteiger partial charge in [-0.3, -0.25) is 4.68 Å². The predicted molar refractivity (Wildman–Crippen MR) is 120 cm³/mol. The monoisotopic (exact) mass is 448 g/mol. The molecule has 0 aliphatic carbocycles. The van der Waals surface area contributed by atoms with Crippen molar-refractivity contribution < 1.29 is 9.53 Å². The van der Waals surface area contributed by atoms with Gasteiger partial charge in [-0.2, -0.15) is 5.10 Å². The number of nitrogens with one attached hydrogen (secondary N) is 2. The first-order chi connectivity index (χ1) is 13.9. The molecule has 6 nitrogen and oxygen atoms in total. The van der Waals surface area contributed by atoms with Gasteiger partial charge in [-0.15, -0.1) is 0 Å². The summed E-state index contributed by atoms with van der Waals surface area (Å²) in [6.45, 7) is 2.61. The second-order valence-electron chi connectivity index (χ2n) is 6.04. The number of carbonyl (C=O) groups excluding carboxylic acids is 1. The zero-order valence-corrected chi connectivity index (χ0v) is 17.8. The number of anilines is 2. The van der Waals surface area contributed by atoms with Gasteiger partial charge < -0.3 is 15.4 Å². The molecule has 2 N–H and O–H groups in total. The van der Waals surface area contributed by atoms with Crippen molar-refractivity contribution in [3.05, 3.63) is 76.0 Å². The van der Waals surface area contributed by atoms with E-state index in [2.05, 4.69) is 15.7 Å². The normalized spacial score (nSPS) is 10.4. The van der Waals surface area contributed by atoms with Gasteiger partial charge in [-0.05, 0) is 61.1 Å². The number of carbonyl (C=O) groups is 1. The van der Waals surface area contributed by atoms with Crippen molar-refractivity contribution in [2.75, 3.05) is 17.2 Å². The second-order valence-corrected chi connectivity index (χ2v) is 7.29. The lowest BCUT2D eigenvalue weighted by molar-refractivity contribution is 0.0526. The quantitative estimate of drug-likeness (QED) is 0.397. The van der Waals surface area contributed by atoms with Crippen LogP contribution in [-0.4, -0.2) is 27.5 Å².